The number of amides is 1. The predicted molar refractivity (Wildman–Crippen MR) is 95.1 cm³/mol. The normalized spacial score (nSPS) is 10.6. The van der Waals surface area contributed by atoms with Crippen molar-refractivity contribution < 1.29 is 4.79 Å². The van der Waals surface area contributed by atoms with Gasteiger partial charge in [-0.15, -0.1) is 0 Å². The van der Waals surface area contributed by atoms with Gasteiger partial charge in [0.05, 0.1) is 18.3 Å². The largest absolute Gasteiger partial charge is 0.383 e. The first-order chi connectivity index (χ1) is 11.0. The van der Waals surface area contributed by atoms with Crippen LogP contribution in [0, 0.1) is 0 Å². The Morgan fingerprint density at radius 3 is 2.52 bits per heavy atom. The summed E-state index contributed by atoms with van der Waals surface area (Å²) in [6.45, 7) is 1.79. The van der Waals surface area contributed by atoms with Gasteiger partial charge in [0, 0.05) is 18.1 Å². The van der Waals surface area contributed by atoms with Gasteiger partial charge in [-0.2, -0.15) is 0 Å². The van der Waals surface area contributed by atoms with Crippen LogP contribution < -0.4 is 10.6 Å². The first kappa shape index (κ1) is 17.2. The van der Waals surface area contributed by atoms with Crippen LogP contribution in [0.15, 0.2) is 42.6 Å². The number of rotatable bonds is 7. The van der Waals surface area contributed by atoms with Crippen molar-refractivity contribution in [3.8, 4) is 0 Å². The van der Waals surface area contributed by atoms with Gasteiger partial charge in [0.2, 0.25) is 5.91 Å². The third-order valence-corrected chi connectivity index (χ3v) is 3.45. The molecule has 1 heterocycles. The molecule has 0 radical (unpaired) electrons. The Balaban J connectivity index is 1.82. The van der Waals surface area contributed by atoms with E-state index < -0.39 is 0 Å². The van der Waals surface area contributed by atoms with Gasteiger partial charge < -0.3 is 15.5 Å². The van der Waals surface area contributed by atoms with E-state index in [9.17, 15) is 4.79 Å². The van der Waals surface area contributed by atoms with E-state index in [1.807, 2.05) is 32.3 Å². The summed E-state index contributed by atoms with van der Waals surface area (Å²) in [5, 5.41) is 6.72. The number of halogens is 1. The molecule has 23 heavy (non-hydrogen) atoms. The SMILES string of the molecule is CN(C)CCNc1ccc(NC(=O)Cc2ccc(Cl)cc2)nc1. The fraction of sp³-hybridized carbons (Fsp3) is 0.294. The van der Waals surface area contributed by atoms with E-state index in [-0.39, 0.29) is 5.91 Å². The zero-order valence-electron chi connectivity index (χ0n) is 13.3. The lowest BCUT2D eigenvalue weighted by Crippen LogP contribution is -2.20. The van der Waals surface area contributed by atoms with Crippen LogP contribution in [0.3, 0.4) is 0 Å². The number of hydrogen-bond acceptors (Lipinski definition) is 4. The molecule has 2 N–H and O–H groups in total. The summed E-state index contributed by atoms with van der Waals surface area (Å²) < 4.78 is 0. The van der Waals surface area contributed by atoms with Gasteiger partial charge in [0.25, 0.3) is 0 Å². The van der Waals surface area contributed by atoms with E-state index in [0.29, 0.717) is 17.3 Å². The second-order valence-corrected chi connectivity index (χ2v) is 5.95. The molecule has 122 valence electrons. The zero-order chi connectivity index (χ0) is 16.7. The number of nitrogens with one attached hydrogen (secondary N) is 2. The molecule has 1 amide bonds. The molecular formula is C17H21ClN4O. The summed E-state index contributed by atoms with van der Waals surface area (Å²) >= 11 is 5.83. The molecule has 0 aliphatic heterocycles. The Hall–Kier alpha value is -2.11. The number of aromatic nitrogens is 1. The lowest BCUT2D eigenvalue weighted by molar-refractivity contribution is -0.115. The fourth-order valence-electron chi connectivity index (χ4n) is 1.97. The van der Waals surface area contributed by atoms with Crippen molar-refractivity contribution in [2.24, 2.45) is 0 Å². The molecule has 1 aromatic heterocycles. The van der Waals surface area contributed by atoms with Crippen LogP contribution in [0.2, 0.25) is 5.02 Å². The summed E-state index contributed by atoms with van der Waals surface area (Å²) in [5.74, 6) is 0.440. The number of likely N-dealkylation sites (N-methyl/N-ethyl adjacent to an activating group) is 1. The lowest BCUT2D eigenvalue weighted by atomic mass is 10.1. The molecule has 0 aliphatic rings. The Kier molecular flexibility index (Phi) is 6.38. The second-order valence-electron chi connectivity index (χ2n) is 5.51. The molecule has 0 atom stereocenters. The number of carbonyl (C=O) groups excluding carboxylic acids is 1. The third-order valence-electron chi connectivity index (χ3n) is 3.20. The van der Waals surface area contributed by atoms with Crippen LogP contribution in [0.25, 0.3) is 0 Å². The zero-order valence-corrected chi connectivity index (χ0v) is 14.1. The molecule has 0 saturated carbocycles. The molecule has 2 rings (SSSR count). The van der Waals surface area contributed by atoms with Gasteiger partial charge >= 0.3 is 0 Å². The van der Waals surface area contributed by atoms with E-state index >= 15 is 0 Å². The van der Waals surface area contributed by atoms with Crippen LogP contribution in [-0.4, -0.2) is 43.0 Å². The van der Waals surface area contributed by atoms with Gasteiger partial charge in [-0.25, -0.2) is 4.98 Å². The molecule has 0 aliphatic carbocycles. The van der Waals surface area contributed by atoms with Gasteiger partial charge in [-0.05, 0) is 43.9 Å². The standard InChI is InChI=1S/C17H21ClN4O/c1-22(2)10-9-19-15-7-8-16(20-12-15)21-17(23)11-13-3-5-14(18)6-4-13/h3-8,12,19H,9-11H2,1-2H3,(H,20,21,23). The van der Waals surface area contributed by atoms with Gasteiger partial charge in [-0.1, -0.05) is 23.7 Å². The monoisotopic (exact) mass is 332 g/mol. The molecule has 6 heteroatoms. The summed E-state index contributed by atoms with van der Waals surface area (Å²) in [6.07, 6.45) is 2.01. The van der Waals surface area contributed by atoms with E-state index in [0.717, 1.165) is 24.3 Å². The fourth-order valence-corrected chi connectivity index (χ4v) is 2.10. The predicted octanol–water partition coefficient (Wildman–Crippen LogP) is 2.89. The van der Waals surface area contributed by atoms with E-state index in [2.05, 4.69) is 20.5 Å². The average molecular weight is 333 g/mol. The molecule has 0 fully saturated rings. The number of carbonyl (C=O) groups is 1. The van der Waals surface area contributed by atoms with E-state index in [1.54, 1.807) is 24.4 Å². The molecule has 2 aromatic rings. The minimum absolute atomic E-state index is 0.104. The van der Waals surface area contributed by atoms with Crippen molar-refractivity contribution in [2.75, 3.05) is 37.8 Å². The van der Waals surface area contributed by atoms with Crippen molar-refractivity contribution in [3.63, 3.8) is 0 Å². The van der Waals surface area contributed by atoms with Gasteiger partial charge in [0.15, 0.2) is 0 Å². The Morgan fingerprint density at radius 1 is 1.17 bits per heavy atom. The van der Waals surface area contributed by atoms with Crippen molar-refractivity contribution in [3.05, 3.63) is 53.2 Å². The molecule has 0 spiro atoms. The first-order valence-electron chi connectivity index (χ1n) is 7.42. The number of nitrogens with zero attached hydrogens (tertiary/aromatic N) is 2. The molecule has 5 nitrogen and oxygen atoms in total. The Bertz CT molecular complexity index is 626. The van der Waals surface area contributed by atoms with Gasteiger partial charge in [0.1, 0.15) is 5.82 Å². The highest BCUT2D eigenvalue weighted by Crippen LogP contribution is 2.12. The number of anilines is 2. The maximum atomic E-state index is 12.0. The number of hydrogen-bond donors (Lipinski definition) is 2. The minimum atomic E-state index is -0.104. The summed E-state index contributed by atoms with van der Waals surface area (Å²) in [6, 6.07) is 10.9. The second kappa shape index (κ2) is 8.50. The third kappa shape index (κ3) is 6.26. The van der Waals surface area contributed by atoms with E-state index in [1.165, 1.54) is 0 Å². The Labute approximate surface area is 141 Å². The molecular weight excluding hydrogens is 312 g/mol. The molecule has 1 aromatic carbocycles. The minimum Gasteiger partial charge on any atom is -0.383 e. The highest BCUT2D eigenvalue weighted by molar-refractivity contribution is 6.30. The topological polar surface area (TPSA) is 57.3 Å². The lowest BCUT2D eigenvalue weighted by Gasteiger charge is -2.11. The first-order valence-corrected chi connectivity index (χ1v) is 7.79. The average Bonchev–Trinajstić information content (AvgIpc) is 2.51. The number of benzene rings is 1. The summed E-state index contributed by atoms with van der Waals surface area (Å²) in [4.78, 5) is 18.3. The maximum absolute atomic E-state index is 12.0. The number of pyridine rings is 1. The summed E-state index contributed by atoms with van der Waals surface area (Å²) in [7, 11) is 4.05. The van der Waals surface area contributed by atoms with Crippen LogP contribution in [0.1, 0.15) is 5.56 Å². The van der Waals surface area contributed by atoms with Crippen molar-refractivity contribution in [2.45, 2.75) is 6.42 Å². The van der Waals surface area contributed by atoms with Crippen LogP contribution in [0.4, 0.5) is 11.5 Å². The van der Waals surface area contributed by atoms with Crippen molar-refractivity contribution >= 4 is 29.0 Å². The van der Waals surface area contributed by atoms with Crippen LogP contribution in [-0.2, 0) is 11.2 Å². The quantitative estimate of drug-likeness (QED) is 0.818. The molecule has 0 bridgehead atoms. The molecule has 0 unspecified atom stereocenters. The van der Waals surface area contributed by atoms with Crippen LogP contribution in [0.5, 0.6) is 0 Å². The molecule has 0 saturated heterocycles. The van der Waals surface area contributed by atoms with E-state index in [4.69, 9.17) is 11.6 Å². The highest BCUT2D eigenvalue weighted by Gasteiger charge is 2.05. The summed E-state index contributed by atoms with van der Waals surface area (Å²) in [5.41, 5.74) is 1.84. The van der Waals surface area contributed by atoms with Crippen molar-refractivity contribution in [1.82, 2.24) is 9.88 Å². The Morgan fingerprint density at radius 2 is 1.91 bits per heavy atom. The van der Waals surface area contributed by atoms with Gasteiger partial charge in [-0.3, -0.25) is 4.79 Å². The highest BCUT2D eigenvalue weighted by atomic mass is 35.5. The smallest absolute Gasteiger partial charge is 0.229 e. The van der Waals surface area contributed by atoms with Crippen molar-refractivity contribution in [1.29, 1.82) is 0 Å². The maximum Gasteiger partial charge on any atom is 0.229 e. The van der Waals surface area contributed by atoms with Crippen LogP contribution >= 0.6 is 11.6 Å².